The number of piperazine rings is 1. The number of methoxy groups -OCH3 is 1. The molecule has 1 atom stereocenters. The number of hydrogen-bond acceptors (Lipinski definition) is 7. The number of fused-ring (bicyclic) bond motifs is 1. The summed E-state index contributed by atoms with van der Waals surface area (Å²) in [5, 5.41) is 1.06. The van der Waals surface area contributed by atoms with Crippen molar-refractivity contribution in [2.75, 3.05) is 70.3 Å². The monoisotopic (exact) mass is 537 g/mol. The Hall–Kier alpha value is -3.37. The van der Waals surface area contributed by atoms with Gasteiger partial charge in [-0.1, -0.05) is 0 Å². The first-order chi connectivity index (χ1) is 18.3. The van der Waals surface area contributed by atoms with E-state index in [9.17, 15) is 13.2 Å². The number of piperidine rings is 1. The molecule has 5 rings (SSSR count). The lowest BCUT2D eigenvalue weighted by Gasteiger charge is -2.39. The maximum Gasteiger partial charge on any atom is 0.243 e. The smallest absolute Gasteiger partial charge is 0.243 e. The fourth-order valence-electron chi connectivity index (χ4n) is 5.37. The van der Waals surface area contributed by atoms with Crippen LogP contribution in [0.3, 0.4) is 0 Å². The topological polar surface area (TPSA) is 86.3 Å². The summed E-state index contributed by atoms with van der Waals surface area (Å²) >= 11 is 0. The van der Waals surface area contributed by atoms with E-state index in [1.54, 1.807) is 37.6 Å². The predicted octanol–water partition coefficient (Wildman–Crippen LogP) is 3.06. The van der Waals surface area contributed by atoms with Gasteiger partial charge >= 0.3 is 0 Å². The lowest BCUT2D eigenvalue weighted by molar-refractivity contribution is -0.137. The van der Waals surface area contributed by atoms with Crippen molar-refractivity contribution in [3.8, 4) is 5.75 Å². The molecule has 1 amide bonds. The van der Waals surface area contributed by atoms with Crippen molar-refractivity contribution in [2.45, 2.75) is 17.7 Å². The summed E-state index contributed by atoms with van der Waals surface area (Å²) in [7, 11) is 1.83. The molecule has 1 unspecified atom stereocenters. The number of pyridine rings is 1. The second-order valence-corrected chi connectivity index (χ2v) is 12.1. The van der Waals surface area contributed by atoms with Crippen molar-refractivity contribution in [3.05, 3.63) is 54.7 Å². The van der Waals surface area contributed by atoms with Crippen LogP contribution in [-0.2, 0) is 14.8 Å². The highest BCUT2D eigenvalue weighted by molar-refractivity contribution is 7.89. The third-order valence-corrected chi connectivity index (χ3v) is 9.46. The third-order valence-electron chi connectivity index (χ3n) is 7.58. The fourth-order valence-corrected chi connectivity index (χ4v) is 6.89. The van der Waals surface area contributed by atoms with Crippen LogP contribution < -0.4 is 14.5 Å². The number of hydrogen-bond donors (Lipinski definition) is 0. The van der Waals surface area contributed by atoms with Gasteiger partial charge in [-0.05, 0) is 55.3 Å². The maximum atomic E-state index is 13.5. The van der Waals surface area contributed by atoms with Crippen molar-refractivity contribution < 1.29 is 17.9 Å². The molecule has 0 aliphatic carbocycles. The molecular formula is C28H35N5O4S. The van der Waals surface area contributed by atoms with Gasteiger partial charge in [-0.2, -0.15) is 4.31 Å². The van der Waals surface area contributed by atoms with Crippen molar-refractivity contribution in [3.63, 3.8) is 0 Å². The molecule has 0 saturated carbocycles. The Morgan fingerprint density at radius 1 is 1.00 bits per heavy atom. The lowest BCUT2D eigenvalue weighted by atomic mass is 9.97. The quantitative estimate of drug-likeness (QED) is 0.478. The van der Waals surface area contributed by atoms with Crippen molar-refractivity contribution in [1.82, 2.24) is 14.2 Å². The van der Waals surface area contributed by atoms with E-state index in [0.717, 1.165) is 28.0 Å². The molecule has 3 heterocycles. The molecule has 0 N–H and O–H groups in total. The summed E-state index contributed by atoms with van der Waals surface area (Å²) in [5.41, 5.74) is 2.91. The number of benzene rings is 2. The molecule has 2 fully saturated rings. The van der Waals surface area contributed by atoms with Crippen molar-refractivity contribution in [2.24, 2.45) is 5.92 Å². The van der Waals surface area contributed by atoms with Crippen LogP contribution in [0.25, 0.3) is 10.9 Å². The Labute approximate surface area is 224 Å². The number of amides is 1. The molecule has 3 aromatic rings. The number of aromatic nitrogens is 1. The standard InChI is InChI=1S/C28H35N5O4S/c1-30(2)22-6-9-24(10-7-22)38(35,36)33-14-4-5-21(20-33)28(34)32-17-15-31(16-18-32)27-12-13-29-26-19-23(37-3)8-11-25(26)27/h6-13,19,21H,4-5,14-18,20H2,1-3H3. The summed E-state index contributed by atoms with van der Waals surface area (Å²) in [6.07, 6.45) is 3.19. The van der Waals surface area contributed by atoms with E-state index in [1.165, 1.54) is 4.31 Å². The first kappa shape index (κ1) is 26.2. The van der Waals surface area contributed by atoms with E-state index >= 15 is 0 Å². The minimum Gasteiger partial charge on any atom is -0.497 e. The van der Waals surface area contributed by atoms with Crippen LogP contribution in [0.15, 0.2) is 59.6 Å². The second kappa shape index (κ2) is 10.8. The van der Waals surface area contributed by atoms with Crippen LogP contribution in [0.2, 0.25) is 0 Å². The van der Waals surface area contributed by atoms with E-state index in [1.807, 2.05) is 48.2 Å². The number of sulfonamides is 1. The Bertz CT molecular complexity index is 1400. The van der Waals surface area contributed by atoms with E-state index in [2.05, 4.69) is 9.88 Å². The van der Waals surface area contributed by atoms with Gasteiger partial charge in [0.15, 0.2) is 0 Å². The van der Waals surface area contributed by atoms with Crippen LogP contribution >= 0.6 is 0 Å². The Kier molecular flexibility index (Phi) is 7.45. The first-order valence-corrected chi connectivity index (χ1v) is 14.5. The molecule has 38 heavy (non-hydrogen) atoms. The zero-order valence-electron chi connectivity index (χ0n) is 22.2. The molecule has 0 radical (unpaired) electrons. The Morgan fingerprint density at radius 2 is 1.74 bits per heavy atom. The van der Waals surface area contributed by atoms with Gasteiger partial charge < -0.3 is 19.4 Å². The van der Waals surface area contributed by atoms with E-state index < -0.39 is 10.0 Å². The zero-order valence-corrected chi connectivity index (χ0v) is 23.0. The SMILES string of the molecule is COc1ccc2c(N3CCN(C(=O)C4CCCN(S(=O)(=O)c5ccc(N(C)C)cc5)C4)CC3)ccnc2c1. The lowest BCUT2D eigenvalue weighted by Crippen LogP contribution is -2.53. The van der Waals surface area contributed by atoms with E-state index in [0.29, 0.717) is 45.6 Å². The van der Waals surface area contributed by atoms with Crippen molar-refractivity contribution in [1.29, 1.82) is 0 Å². The Balaban J connectivity index is 1.23. The number of carbonyl (C=O) groups excluding carboxylic acids is 1. The molecule has 1 aromatic heterocycles. The van der Waals surface area contributed by atoms with Gasteiger partial charge in [0, 0.05) is 82.4 Å². The zero-order chi connectivity index (χ0) is 26.9. The highest BCUT2D eigenvalue weighted by atomic mass is 32.2. The van der Waals surface area contributed by atoms with E-state index in [4.69, 9.17) is 4.74 Å². The number of ether oxygens (including phenoxy) is 1. The molecule has 0 bridgehead atoms. The minimum absolute atomic E-state index is 0.0526. The molecule has 9 nitrogen and oxygen atoms in total. The minimum atomic E-state index is -3.65. The molecule has 2 aromatic carbocycles. The summed E-state index contributed by atoms with van der Waals surface area (Å²) in [6, 6.07) is 14.8. The summed E-state index contributed by atoms with van der Waals surface area (Å²) in [5.74, 6) is 0.504. The Morgan fingerprint density at radius 3 is 2.42 bits per heavy atom. The number of rotatable bonds is 6. The van der Waals surface area contributed by atoms with Crippen LogP contribution in [0.4, 0.5) is 11.4 Å². The molecule has 2 aliphatic rings. The normalized spacial score (nSPS) is 19.0. The van der Waals surface area contributed by atoms with Crippen LogP contribution in [0.1, 0.15) is 12.8 Å². The van der Waals surface area contributed by atoms with Gasteiger partial charge in [0.1, 0.15) is 5.75 Å². The van der Waals surface area contributed by atoms with Gasteiger partial charge in [-0.15, -0.1) is 0 Å². The molecule has 0 spiro atoms. The van der Waals surface area contributed by atoms with Gasteiger partial charge in [0.25, 0.3) is 0 Å². The molecule has 2 aliphatic heterocycles. The van der Waals surface area contributed by atoms with Gasteiger partial charge in [0.05, 0.1) is 23.4 Å². The number of carbonyl (C=O) groups is 1. The van der Waals surface area contributed by atoms with Gasteiger partial charge in [-0.3, -0.25) is 9.78 Å². The average Bonchev–Trinajstić information content (AvgIpc) is 2.96. The molecule has 202 valence electrons. The highest BCUT2D eigenvalue weighted by Gasteiger charge is 2.36. The summed E-state index contributed by atoms with van der Waals surface area (Å²) in [4.78, 5) is 24.3. The number of nitrogens with zero attached hydrogens (tertiary/aromatic N) is 5. The van der Waals surface area contributed by atoms with Crippen molar-refractivity contribution >= 4 is 38.2 Å². The first-order valence-electron chi connectivity index (χ1n) is 13.0. The molecule has 10 heteroatoms. The van der Waals surface area contributed by atoms with Crippen LogP contribution in [0, 0.1) is 5.92 Å². The predicted molar refractivity (Wildman–Crippen MR) is 149 cm³/mol. The van der Waals surface area contributed by atoms with Gasteiger partial charge in [0.2, 0.25) is 15.9 Å². The number of anilines is 2. The molecule has 2 saturated heterocycles. The molecular weight excluding hydrogens is 502 g/mol. The van der Waals surface area contributed by atoms with E-state index in [-0.39, 0.29) is 23.3 Å². The third kappa shape index (κ3) is 5.15. The fraction of sp³-hybridized carbons (Fsp3) is 0.429. The maximum absolute atomic E-state index is 13.5. The highest BCUT2D eigenvalue weighted by Crippen LogP contribution is 2.30. The van der Waals surface area contributed by atoms with Crippen LogP contribution in [-0.4, -0.2) is 89.0 Å². The summed E-state index contributed by atoms with van der Waals surface area (Å²) in [6.45, 7) is 3.30. The summed E-state index contributed by atoms with van der Waals surface area (Å²) < 4.78 is 33.5. The average molecular weight is 538 g/mol. The second-order valence-electron chi connectivity index (χ2n) is 10.1. The van der Waals surface area contributed by atoms with Crippen LogP contribution in [0.5, 0.6) is 5.75 Å². The largest absolute Gasteiger partial charge is 0.497 e. The van der Waals surface area contributed by atoms with Gasteiger partial charge in [-0.25, -0.2) is 8.42 Å².